The number of hydrogen-bond acceptors (Lipinski definition) is 0. The first kappa shape index (κ1) is 20.0. The summed E-state index contributed by atoms with van der Waals surface area (Å²) in [6.45, 7) is 6.15. The standard InChI is InChI=1S/C23H38/c1-3-5-6-7-8-9-10-11-12-13-14-15-19-23-21-17-16-20-22(23)18-4-2/h4,16-17,20-21H,2-3,5-15,18-19H2,1H3. The van der Waals surface area contributed by atoms with Crippen LogP contribution in [0.4, 0.5) is 0 Å². The number of aryl methyl sites for hydroxylation is 1. The largest absolute Gasteiger partial charge is 0.103 e. The first-order valence-corrected chi connectivity index (χ1v) is 10.1. The fourth-order valence-electron chi connectivity index (χ4n) is 3.31. The molecule has 0 aliphatic heterocycles. The Labute approximate surface area is 145 Å². The van der Waals surface area contributed by atoms with Crippen molar-refractivity contribution in [2.45, 2.75) is 96.8 Å². The fraction of sp³-hybridized carbons (Fsp3) is 0.652. The van der Waals surface area contributed by atoms with Crippen molar-refractivity contribution in [3.63, 3.8) is 0 Å². The smallest absolute Gasteiger partial charge is 0.00974 e. The summed E-state index contributed by atoms with van der Waals surface area (Å²) in [4.78, 5) is 0. The van der Waals surface area contributed by atoms with E-state index >= 15 is 0 Å². The van der Waals surface area contributed by atoms with Gasteiger partial charge in [0.05, 0.1) is 0 Å². The number of unbranched alkanes of at least 4 members (excludes halogenated alkanes) is 11. The second kappa shape index (κ2) is 14.5. The molecular formula is C23H38. The van der Waals surface area contributed by atoms with Crippen LogP contribution >= 0.6 is 0 Å². The molecule has 0 heteroatoms. The lowest BCUT2D eigenvalue weighted by Gasteiger charge is -2.07. The summed E-state index contributed by atoms with van der Waals surface area (Å²) in [5.41, 5.74) is 2.99. The Kier molecular flexibility index (Phi) is 12.7. The molecular weight excluding hydrogens is 276 g/mol. The zero-order valence-electron chi connectivity index (χ0n) is 15.5. The molecule has 0 atom stereocenters. The topological polar surface area (TPSA) is 0 Å². The molecule has 0 amide bonds. The maximum absolute atomic E-state index is 3.86. The summed E-state index contributed by atoms with van der Waals surface area (Å²) >= 11 is 0. The van der Waals surface area contributed by atoms with E-state index in [2.05, 4.69) is 37.8 Å². The number of allylic oxidation sites excluding steroid dienone is 1. The van der Waals surface area contributed by atoms with Crippen molar-refractivity contribution in [1.82, 2.24) is 0 Å². The van der Waals surface area contributed by atoms with Gasteiger partial charge in [-0.25, -0.2) is 0 Å². The molecule has 0 aliphatic carbocycles. The number of hydrogen-bond donors (Lipinski definition) is 0. The Bertz CT molecular complexity index is 391. The van der Waals surface area contributed by atoms with Gasteiger partial charge < -0.3 is 0 Å². The van der Waals surface area contributed by atoms with Crippen LogP contribution < -0.4 is 0 Å². The third kappa shape index (κ3) is 10.4. The molecule has 23 heavy (non-hydrogen) atoms. The van der Waals surface area contributed by atoms with Crippen LogP contribution in [0.15, 0.2) is 36.9 Å². The maximum Gasteiger partial charge on any atom is -0.00974 e. The van der Waals surface area contributed by atoms with Crippen molar-refractivity contribution >= 4 is 0 Å². The molecule has 0 spiro atoms. The van der Waals surface area contributed by atoms with Gasteiger partial charge in [0, 0.05) is 0 Å². The van der Waals surface area contributed by atoms with Crippen LogP contribution in [0.1, 0.15) is 95.1 Å². The minimum absolute atomic E-state index is 1.01. The minimum atomic E-state index is 1.01. The summed E-state index contributed by atoms with van der Waals surface area (Å²) in [7, 11) is 0. The SMILES string of the molecule is C=CCc1ccccc1CCCCCCCCCCCCCC. The average molecular weight is 315 g/mol. The highest BCUT2D eigenvalue weighted by Gasteiger charge is 2.00. The van der Waals surface area contributed by atoms with Crippen LogP contribution in [0.25, 0.3) is 0 Å². The lowest BCUT2D eigenvalue weighted by Crippen LogP contribution is -1.93. The molecule has 0 saturated heterocycles. The van der Waals surface area contributed by atoms with Gasteiger partial charge >= 0.3 is 0 Å². The minimum Gasteiger partial charge on any atom is -0.103 e. The van der Waals surface area contributed by atoms with E-state index in [-0.39, 0.29) is 0 Å². The van der Waals surface area contributed by atoms with E-state index in [0.717, 1.165) is 6.42 Å². The van der Waals surface area contributed by atoms with Crippen molar-refractivity contribution in [3.8, 4) is 0 Å². The highest BCUT2D eigenvalue weighted by atomic mass is 14.1. The first-order valence-electron chi connectivity index (χ1n) is 10.1. The van der Waals surface area contributed by atoms with Gasteiger partial charge in [-0.3, -0.25) is 0 Å². The molecule has 1 aromatic rings. The molecule has 0 unspecified atom stereocenters. The number of rotatable bonds is 15. The van der Waals surface area contributed by atoms with Crippen molar-refractivity contribution < 1.29 is 0 Å². The van der Waals surface area contributed by atoms with E-state index in [1.807, 2.05) is 6.08 Å². The van der Waals surface area contributed by atoms with E-state index in [4.69, 9.17) is 0 Å². The molecule has 1 rings (SSSR count). The second-order valence-electron chi connectivity index (χ2n) is 6.90. The van der Waals surface area contributed by atoms with Crippen LogP contribution in [-0.2, 0) is 12.8 Å². The average Bonchev–Trinajstić information content (AvgIpc) is 2.57. The molecule has 0 fully saturated rings. The van der Waals surface area contributed by atoms with Gasteiger partial charge in [0.1, 0.15) is 0 Å². The number of benzene rings is 1. The normalized spacial score (nSPS) is 10.8. The monoisotopic (exact) mass is 314 g/mol. The molecule has 0 aromatic heterocycles. The van der Waals surface area contributed by atoms with Gasteiger partial charge in [0.25, 0.3) is 0 Å². The molecule has 0 radical (unpaired) electrons. The van der Waals surface area contributed by atoms with Crippen LogP contribution in [0.5, 0.6) is 0 Å². The molecule has 0 N–H and O–H groups in total. The van der Waals surface area contributed by atoms with Gasteiger partial charge in [0.2, 0.25) is 0 Å². The van der Waals surface area contributed by atoms with Gasteiger partial charge in [-0.05, 0) is 30.4 Å². The summed E-state index contributed by atoms with van der Waals surface area (Å²) in [5.74, 6) is 0. The molecule has 0 saturated carbocycles. The lowest BCUT2D eigenvalue weighted by atomic mass is 9.98. The van der Waals surface area contributed by atoms with Crippen LogP contribution in [0.3, 0.4) is 0 Å². The maximum atomic E-state index is 3.86. The predicted octanol–water partition coefficient (Wildman–Crippen LogP) is 7.66. The van der Waals surface area contributed by atoms with Crippen molar-refractivity contribution in [3.05, 3.63) is 48.0 Å². The molecule has 1 aromatic carbocycles. The third-order valence-electron chi connectivity index (χ3n) is 4.78. The van der Waals surface area contributed by atoms with E-state index in [1.54, 1.807) is 0 Å². The van der Waals surface area contributed by atoms with Gasteiger partial charge in [-0.1, -0.05) is 108 Å². The Morgan fingerprint density at radius 3 is 1.70 bits per heavy atom. The van der Waals surface area contributed by atoms with Crippen molar-refractivity contribution in [2.24, 2.45) is 0 Å². The molecule has 0 nitrogen and oxygen atoms in total. The van der Waals surface area contributed by atoms with E-state index in [1.165, 1.54) is 94.6 Å². The van der Waals surface area contributed by atoms with Crippen LogP contribution in [-0.4, -0.2) is 0 Å². The van der Waals surface area contributed by atoms with E-state index in [9.17, 15) is 0 Å². The second-order valence-corrected chi connectivity index (χ2v) is 6.90. The predicted molar refractivity (Wildman–Crippen MR) is 105 cm³/mol. The zero-order valence-corrected chi connectivity index (χ0v) is 15.5. The molecule has 130 valence electrons. The van der Waals surface area contributed by atoms with Crippen LogP contribution in [0, 0.1) is 0 Å². The first-order chi connectivity index (χ1) is 11.4. The Hall–Kier alpha value is -1.04. The zero-order chi connectivity index (χ0) is 16.6. The Morgan fingerprint density at radius 2 is 1.17 bits per heavy atom. The molecule has 0 aliphatic rings. The lowest BCUT2D eigenvalue weighted by molar-refractivity contribution is 0.544. The van der Waals surface area contributed by atoms with Crippen molar-refractivity contribution in [1.29, 1.82) is 0 Å². The summed E-state index contributed by atoms with van der Waals surface area (Å²) < 4.78 is 0. The van der Waals surface area contributed by atoms with E-state index in [0.29, 0.717) is 0 Å². The highest BCUT2D eigenvalue weighted by Crippen LogP contribution is 2.16. The summed E-state index contributed by atoms with van der Waals surface area (Å²) in [5, 5.41) is 0. The van der Waals surface area contributed by atoms with Gasteiger partial charge in [-0.15, -0.1) is 6.58 Å². The quantitative estimate of drug-likeness (QED) is 0.230. The highest BCUT2D eigenvalue weighted by molar-refractivity contribution is 5.28. The van der Waals surface area contributed by atoms with Gasteiger partial charge in [-0.2, -0.15) is 0 Å². The van der Waals surface area contributed by atoms with Crippen LogP contribution in [0.2, 0.25) is 0 Å². The van der Waals surface area contributed by atoms with Crippen molar-refractivity contribution in [2.75, 3.05) is 0 Å². The summed E-state index contributed by atoms with van der Waals surface area (Å²) in [6.07, 6.45) is 21.3. The summed E-state index contributed by atoms with van der Waals surface area (Å²) in [6, 6.07) is 8.85. The third-order valence-corrected chi connectivity index (χ3v) is 4.78. The Morgan fingerprint density at radius 1 is 0.696 bits per heavy atom. The molecule has 0 bridgehead atoms. The fourth-order valence-corrected chi connectivity index (χ4v) is 3.31. The Balaban J connectivity index is 1.95. The molecule has 0 heterocycles. The van der Waals surface area contributed by atoms with E-state index < -0.39 is 0 Å². The van der Waals surface area contributed by atoms with Gasteiger partial charge in [0.15, 0.2) is 0 Å².